The van der Waals surface area contributed by atoms with Crippen molar-refractivity contribution in [3.8, 4) is 0 Å². The quantitative estimate of drug-likeness (QED) is 0.666. The Kier molecular flexibility index (Phi) is 4.47. The van der Waals surface area contributed by atoms with Gasteiger partial charge in [0.1, 0.15) is 5.82 Å². The van der Waals surface area contributed by atoms with Gasteiger partial charge in [-0.1, -0.05) is 35.3 Å². The van der Waals surface area contributed by atoms with Crippen molar-refractivity contribution in [2.45, 2.75) is 31.6 Å². The number of halogens is 3. The fourth-order valence-corrected chi connectivity index (χ4v) is 2.84. The minimum Gasteiger partial charge on any atom is -0.205 e. The van der Waals surface area contributed by atoms with Crippen LogP contribution < -0.4 is 0 Å². The lowest BCUT2D eigenvalue weighted by atomic mass is 9.79. The highest BCUT2D eigenvalue weighted by Gasteiger charge is 2.21. The summed E-state index contributed by atoms with van der Waals surface area (Å²) in [6, 6.07) is 5.16. The van der Waals surface area contributed by atoms with Crippen LogP contribution in [0.5, 0.6) is 0 Å². The highest BCUT2D eigenvalue weighted by atomic mass is 35.5. The molecule has 0 aromatic heterocycles. The van der Waals surface area contributed by atoms with E-state index in [0.29, 0.717) is 11.8 Å². The summed E-state index contributed by atoms with van der Waals surface area (Å²) >= 11 is 11.3. The lowest BCUT2D eigenvalue weighted by molar-refractivity contribution is 0.375. The number of hydrogen-bond donors (Lipinski definition) is 0. The van der Waals surface area contributed by atoms with Crippen LogP contribution in [0.25, 0.3) is 0 Å². The van der Waals surface area contributed by atoms with E-state index in [1.165, 1.54) is 0 Å². The molecule has 1 fully saturated rings. The summed E-state index contributed by atoms with van der Waals surface area (Å²) in [5.41, 5.74) is 2.67. The van der Waals surface area contributed by atoms with Crippen molar-refractivity contribution in [2.75, 3.05) is 0 Å². The molecule has 1 aliphatic carbocycles. The first-order valence-electron chi connectivity index (χ1n) is 5.92. The topological polar surface area (TPSA) is 0 Å². The molecule has 0 saturated heterocycles. The predicted molar refractivity (Wildman–Crippen MR) is 71.1 cm³/mol. The maximum Gasteiger partial charge on any atom is 0.142 e. The lowest BCUT2D eigenvalue weighted by Crippen LogP contribution is -2.11. The van der Waals surface area contributed by atoms with Crippen molar-refractivity contribution in [2.24, 2.45) is 5.92 Å². The first kappa shape index (κ1) is 12.9. The van der Waals surface area contributed by atoms with E-state index in [4.69, 9.17) is 23.2 Å². The molecule has 0 radical (unpaired) electrons. The van der Waals surface area contributed by atoms with Crippen LogP contribution in [-0.2, 0) is 0 Å². The molecule has 0 nitrogen and oxygen atoms in total. The van der Waals surface area contributed by atoms with Crippen molar-refractivity contribution in [3.63, 3.8) is 0 Å². The molecule has 2 rings (SSSR count). The van der Waals surface area contributed by atoms with Gasteiger partial charge in [0.05, 0.1) is 5.02 Å². The smallest absolute Gasteiger partial charge is 0.142 e. The summed E-state index contributed by atoms with van der Waals surface area (Å²) in [7, 11) is 0. The molecular weight excluding hydrogens is 258 g/mol. The standard InChI is InChI=1S/C14H15Cl2F/c15-8-7-10-1-3-11(4-2-10)12-5-6-13(16)14(17)9-12/h5-11H,1-4H2/b8-7+/t10-,11-. The molecule has 17 heavy (non-hydrogen) atoms. The van der Waals surface area contributed by atoms with E-state index < -0.39 is 0 Å². The fourth-order valence-electron chi connectivity index (χ4n) is 2.51. The molecule has 0 N–H and O–H groups in total. The summed E-state index contributed by atoms with van der Waals surface area (Å²) in [4.78, 5) is 0. The maximum absolute atomic E-state index is 13.4. The van der Waals surface area contributed by atoms with E-state index >= 15 is 0 Å². The van der Waals surface area contributed by atoms with Gasteiger partial charge in [-0.05, 0) is 55.2 Å². The summed E-state index contributed by atoms with van der Waals surface area (Å²) in [6.07, 6.45) is 6.48. The van der Waals surface area contributed by atoms with Gasteiger partial charge in [-0.3, -0.25) is 0 Å². The van der Waals surface area contributed by atoms with Crippen molar-refractivity contribution < 1.29 is 4.39 Å². The van der Waals surface area contributed by atoms with E-state index in [2.05, 4.69) is 6.08 Å². The number of rotatable bonds is 2. The van der Waals surface area contributed by atoms with Crippen LogP contribution in [0.1, 0.15) is 37.2 Å². The Balaban J connectivity index is 2.02. The number of benzene rings is 1. The highest BCUT2D eigenvalue weighted by Crippen LogP contribution is 2.37. The monoisotopic (exact) mass is 272 g/mol. The Bertz CT molecular complexity index is 407. The van der Waals surface area contributed by atoms with Gasteiger partial charge in [-0.15, -0.1) is 0 Å². The Morgan fingerprint density at radius 1 is 1.18 bits per heavy atom. The minimum atomic E-state index is -0.313. The van der Waals surface area contributed by atoms with E-state index in [1.54, 1.807) is 17.7 Å². The average Bonchev–Trinajstić information content (AvgIpc) is 2.34. The van der Waals surface area contributed by atoms with Gasteiger partial charge in [-0.2, -0.15) is 0 Å². The third-order valence-corrected chi connectivity index (χ3v) is 3.98. The zero-order valence-corrected chi connectivity index (χ0v) is 11.0. The van der Waals surface area contributed by atoms with Crippen LogP contribution in [-0.4, -0.2) is 0 Å². The molecule has 0 heterocycles. The van der Waals surface area contributed by atoms with Gasteiger partial charge in [-0.25, -0.2) is 4.39 Å². The van der Waals surface area contributed by atoms with E-state index in [0.717, 1.165) is 31.2 Å². The summed E-state index contributed by atoms with van der Waals surface area (Å²) in [5.74, 6) is 0.731. The molecule has 3 heteroatoms. The van der Waals surface area contributed by atoms with Gasteiger partial charge in [0.2, 0.25) is 0 Å². The normalized spacial score (nSPS) is 25.4. The Morgan fingerprint density at radius 2 is 1.88 bits per heavy atom. The third kappa shape index (κ3) is 3.23. The molecule has 1 aromatic rings. The first-order valence-corrected chi connectivity index (χ1v) is 6.74. The SMILES string of the molecule is Fc1cc([C@H]2CC[C@H](/C=C/Cl)CC2)ccc1Cl. The van der Waals surface area contributed by atoms with E-state index in [9.17, 15) is 4.39 Å². The van der Waals surface area contributed by atoms with Crippen LogP contribution >= 0.6 is 23.2 Å². The molecule has 0 aliphatic heterocycles. The number of allylic oxidation sites excluding steroid dienone is 1. The van der Waals surface area contributed by atoms with Crippen molar-refractivity contribution >= 4 is 23.2 Å². The summed E-state index contributed by atoms with van der Waals surface area (Å²) in [6.45, 7) is 0. The van der Waals surface area contributed by atoms with Crippen molar-refractivity contribution in [1.82, 2.24) is 0 Å². The molecular formula is C14H15Cl2F. The fraction of sp³-hybridized carbons (Fsp3) is 0.429. The van der Waals surface area contributed by atoms with E-state index in [-0.39, 0.29) is 10.8 Å². The van der Waals surface area contributed by atoms with Gasteiger partial charge in [0, 0.05) is 5.54 Å². The molecule has 1 aromatic carbocycles. The van der Waals surface area contributed by atoms with Crippen molar-refractivity contribution in [3.05, 3.63) is 46.2 Å². The van der Waals surface area contributed by atoms with Gasteiger partial charge in [0.15, 0.2) is 0 Å². The summed E-state index contributed by atoms with van der Waals surface area (Å²) in [5, 5.41) is 0.201. The zero-order valence-electron chi connectivity index (χ0n) is 9.50. The second-order valence-corrected chi connectivity index (χ2v) is 5.26. The second-order valence-electron chi connectivity index (χ2n) is 4.60. The Labute approximate surface area is 111 Å². The zero-order chi connectivity index (χ0) is 12.3. The average molecular weight is 273 g/mol. The molecule has 92 valence electrons. The lowest BCUT2D eigenvalue weighted by Gasteiger charge is -2.27. The van der Waals surface area contributed by atoms with Gasteiger partial charge >= 0.3 is 0 Å². The molecule has 1 saturated carbocycles. The minimum absolute atomic E-state index is 0.201. The second kappa shape index (κ2) is 5.88. The molecule has 1 aliphatic rings. The highest BCUT2D eigenvalue weighted by molar-refractivity contribution is 6.30. The van der Waals surface area contributed by atoms with Crippen LogP contribution in [0.4, 0.5) is 4.39 Å². The maximum atomic E-state index is 13.4. The molecule has 0 atom stereocenters. The third-order valence-electron chi connectivity index (χ3n) is 3.53. The Morgan fingerprint density at radius 3 is 2.47 bits per heavy atom. The summed E-state index contributed by atoms with van der Waals surface area (Å²) < 4.78 is 13.4. The van der Waals surface area contributed by atoms with Crippen LogP contribution in [0, 0.1) is 11.7 Å². The van der Waals surface area contributed by atoms with Crippen LogP contribution in [0.2, 0.25) is 5.02 Å². The predicted octanol–water partition coefficient (Wildman–Crippen LogP) is 5.51. The molecule has 0 amide bonds. The first-order chi connectivity index (χ1) is 8.20. The number of hydrogen-bond acceptors (Lipinski definition) is 0. The van der Waals surface area contributed by atoms with Gasteiger partial charge < -0.3 is 0 Å². The van der Waals surface area contributed by atoms with Gasteiger partial charge in [0.25, 0.3) is 0 Å². The Hall–Kier alpha value is -0.530. The largest absolute Gasteiger partial charge is 0.205 e. The van der Waals surface area contributed by atoms with Crippen molar-refractivity contribution in [1.29, 1.82) is 0 Å². The van der Waals surface area contributed by atoms with Crippen LogP contribution in [0.3, 0.4) is 0 Å². The molecule has 0 spiro atoms. The molecule has 0 unspecified atom stereocenters. The molecule has 0 bridgehead atoms. The van der Waals surface area contributed by atoms with Crippen LogP contribution in [0.15, 0.2) is 29.8 Å². The van der Waals surface area contributed by atoms with E-state index in [1.807, 2.05) is 6.07 Å².